The average Bonchev–Trinajstić information content (AvgIpc) is 2.76. The molecule has 2 rings (SSSR count). The number of rotatable bonds is 5. The van der Waals surface area contributed by atoms with E-state index >= 15 is 0 Å². The van der Waals surface area contributed by atoms with E-state index in [0.29, 0.717) is 13.0 Å². The van der Waals surface area contributed by atoms with Crippen LogP contribution < -0.4 is 0 Å². The van der Waals surface area contributed by atoms with Gasteiger partial charge >= 0.3 is 0 Å². The van der Waals surface area contributed by atoms with E-state index in [9.17, 15) is 4.79 Å². The average molecular weight is 398 g/mol. The highest BCUT2D eigenvalue weighted by Crippen LogP contribution is 2.34. The summed E-state index contributed by atoms with van der Waals surface area (Å²) in [5, 5.41) is 0. The second-order valence-corrected chi connectivity index (χ2v) is 10.4. The molecule has 1 aromatic heterocycles. The van der Waals surface area contributed by atoms with Crippen molar-refractivity contribution in [1.82, 2.24) is 9.88 Å². The second kappa shape index (κ2) is 7.45. The summed E-state index contributed by atoms with van der Waals surface area (Å²) in [6, 6.07) is 2.17. The molecule has 0 aliphatic carbocycles. The summed E-state index contributed by atoms with van der Waals surface area (Å²) < 4.78 is 7.26. The summed E-state index contributed by atoms with van der Waals surface area (Å²) in [7, 11) is -0.829. The lowest BCUT2D eigenvalue weighted by molar-refractivity contribution is -0.131. The zero-order valence-corrected chi connectivity index (χ0v) is 17.2. The Morgan fingerprint density at radius 3 is 2.70 bits per heavy atom. The van der Waals surface area contributed by atoms with E-state index in [1.54, 1.807) is 6.20 Å². The largest absolute Gasteiger partial charge is 0.412 e. The van der Waals surface area contributed by atoms with Crippen LogP contribution in [-0.2, 0) is 15.8 Å². The van der Waals surface area contributed by atoms with E-state index in [0.717, 1.165) is 16.5 Å². The van der Waals surface area contributed by atoms with Gasteiger partial charge in [0.15, 0.2) is 0 Å². The van der Waals surface area contributed by atoms with E-state index in [4.69, 9.17) is 4.43 Å². The Kier molecular flexibility index (Phi) is 6.03. The maximum Gasteiger partial charge on any atom is 0.223 e. The zero-order chi connectivity index (χ0) is 17.2. The molecule has 0 aromatic carbocycles. The van der Waals surface area contributed by atoms with Gasteiger partial charge in [0, 0.05) is 29.8 Å². The van der Waals surface area contributed by atoms with Crippen molar-refractivity contribution in [3.8, 4) is 0 Å². The van der Waals surface area contributed by atoms with E-state index in [1.807, 2.05) is 17.2 Å². The van der Waals surface area contributed by atoms with Crippen LogP contribution in [0.15, 0.2) is 22.9 Å². The Balaban J connectivity index is 2.23. The molecule has 2 atom stereocenters. The summed E-state index contributed by atoms with van der Waals surface area (Å²) in [6.07, 6.45) is 5.14. The van der Waals surface area contributed by atoms with Crippen molar-refractivity contribution in [2.45, 2.75) is 65.4 Å². The fourth-order valence-electron chi connectivity index (χ4n) is 3.10. The van der Waals surface area contributed by atoms with E-state index in [1.165, 1.54) is 0 Å². The molecule has 23 heavy (non-hydrogen) atoms. The van der Waals surface area contributed by atoms with Crippen LogP contribution in [0.1, 0.15) is 39.2 Å². The number of likely N-dealkylation sites (tertiary alicyclic amines) is 1. The molecule has 1 aliphatic heterocycles. The van der Waals surface area contributed by atoms with Crippen LogP contribution in [0.25, 0.3) is 0 Å². The highest BCUT2D eigenvalue weighted by Gasteiger charge is 2.42. The molecule has 0 N–H and O–H groups in total. The third kappa shape index (κ3) is 4.87. The van der Waals surface area contributed by atoms with Crippen molar-refractivity contribution in [2.75, 3.05) is 0 Å². The van der Waals surface area contributed by atoms with Gasteiger partial charge in [-0.05, 0) is 52.5 Å². The smallest absolute Gasteiger partial charge is 0.223 e. The summed E-state index contributed by atoms with van der Waals surface area (Å²) >= 11 is 3.45. The summed E-state index contributed by atoms with van der Waals surface area (Å²) in [5.41, 5.74) is 1.05. The Labute approximate surface area is 149 Å². The Morgan fingerprint density at radius 1 is 1.43 bits per heavy atom. The quantitative estimate of drug-likeness (QED) is 0.704. The monoisotopic (exact) mass is 397 g/mol. The van der Waals surface area contributed by atoms with E-state index in [-0.39, 0.29) is 23.5 Å². The Morgan fingerprint density at radius 2 is 2.13 bits per heavy atom. The number of carbonyl (C=O) groups excluding carboxylic acids is 1. The van der Waals surface area contributed by atoms with Gasteiger partial charge in [-0.2, -0.15) is 0 Å². The van der Waals surface area contributed by atoms with Crippen molar-refractivity contribution in [2.24, 2.45) is 5.41 Å². The predicted molar refractivity (Wildman–Crippen MR) is 97.3 cm³/mol. The van der Waals surface area contributed by atoms with Crippen LogP contribution in [-0.4, -0.2) is 37.0 Å². The number of pyridine rings is 1. The van der Waals surface area contributed by atoms with Gasteiger partial charge in [0.2, 0.25) is 14.9 Å². The molecular formula is C17H26BrN2O2Si. The van der Waals surface area contributed by atoms with Gasteiger partial charge in [-0.15, -0.1) is 0 Å². The highest BCUT2D eigenvalue weighted by atomic mass is 79.9. The van der Waals surface area contributed by atoms with Gasteiger partial charge in [0.1, 0.15) is 0 Å². The third-order valence-electron chi connectivity index (χ3n) is 4.05. The first kappa shape index (κ1) is 18.6. The molecule has 1 radical (unpaired) electrons. The van der Waals surface area contributed by atoms with E-state index < -0.39 is 9.04 Å². The first-order valence-electron chi connectivity index (χ1n) is 8.04. The molecule has 127 valence electrons. The molecule has 0 saturated carbocycles. The lowest BCUT2D eigenvalue weighted by Crippen LogP contribution is -2.49. The third-order valence-corrected chi connectivity index (χ3v) is 5.21. The Hall–Kier alpha value is -0.723. The van der Waals surface area contributed by atoms with Gasteiger partial charge in [-0.25, -0.2) is 0 Å². The number of halogens is 1. The predicted octanol–water partition coefficient (Wildman–Crippen LogP) is 4.02. The molecule has 1 aliphatic rings. The molecule has 4 nitrogen and oxygen atoms in total. The van der Waals surface area contributed by atoms with Crippen LogP contribution in [0.5, 0.6) is 0 Å². The van der Waals surface area contributed by atoms with Crippen LogP contribution in [0.4, 0.5) is 0 Å². The van der Waals surface area contributed by atoms with Crippen LogP contribution in [0.2, 0.25) is 13.1 Å². The van der Waals surface area contributed by atoms with Crippen LogP contribution >= 0.6 is 15.9 Å². The number of aromatic nitrogens is 1. The van der Waals surface area contributed by atoms with Crippen LogP contribution in [0, 0.1) is 5.41 Å². The molecule has 6 heteroatoms. The van der Waals surface area contributed by atoms with Crippen LogP contribution in [0.3, 0.4) is 0 Å². The Bertz CT molecular complexity index is 560. The number of carbonyl (C=O) groups is 1. The first-order chi connectivity index (χ1) is 10.7. The van der Waals surface area contributed by atoms with Gasteiger partial charge in [0.05, 0.1) is 12.1 Å². The normalized spacial score (nSPS) is 20.4. The first-order valence-corrected chi connectivity index (χ1v) is 11.2. The van der Waals surface area contributed by atoms with Gasteiger partial charge in [0.25, 0.3) is 0 Å². The molecular weight excluding hydrogens is 372 g/mol. The molecule has 1 amide bonds. The van der Waals surface area contributed by atoms with Crippen molar-refractivity contribution < 1.29 is 9.22 Å². The van der Waals surface area contributed by atoms with Crippen molar-refractivity contribution in [3.05, 3.63) is 28.5 Å². The second-order valence-electron chi connectivity index (χ2n) is 7.45. The SMILES string of the molecule is C[Si](C)OC(C1CCC(=O)N1Cc1cncc(Br)c1)C(C)(C)C. The minimum absolute atomic E-state index is 0.00495. The van der Waals surface area contributed by atoms with Crippen molar-refractivity contribution in [1.29, 1.82) is 0 Å². The van der Waals surface area contributed by atoms with E-state index in [2.05, 4.69) is 54.8 Å². The minimum Gasteiger partial charge on any atom is -0.412 e. The number of hydrogen-bond acceptors (Lipinski definition) is 3. The molecule has 2 unspecified atom stereocenters. The standard InChI is InChI=1S/C17H26BrN2O2Si/c1-17(2,3)16(22-23(4)5)14-6-7-15(21)20(14)11-12-8-13(18)10-19-9-12/h8-10,14,16H,6-7,11H2,1-5H3. The van der Waals surface area contributed by atoms with Crippen molar-refractivity contribution in [3.63, 3.8) is 0 Å². The lowest BCUT2D eigenvalue weighted by Gasteiger charge is -2.40. The highest BCUT2D eigenvalue weighted by molar-refractivity contribution is 9.10. The zero-order valence-electron chi connectivity index (χ0n) is 14.6. The van der Waals surface area contributed by atoms with Gasteiger partial charge < -0.3 is 9.33 Å². The molecule has 1 saturated heterocycles. The maximum atomic E-state index is 12.4. The topological polar surface area (TPSA) is 42.4 Å². The maximum absolute atomic E-state index is 12.4. The van der Waals surface area contributed by atoms with Gasteiger partial charge in [-0.1, -0.05) is 20.8 Å². The fraction of sp³-hybridized carbons (Fsp3) is 0.647. The minimum atomic E-state index is -0.829. The molecule has 2 heterocycles. The summed E-state index contributed by atoms with van der Waals surface area (Å²) in [5.74, 6) is 0.216. The molecule has 0 spiro atoms. The number of hydrogen-bond donors (Lipinski definition) is 0. The van der Waals surface area contributed by atoms with Gasteiger partial charge in [-0.3, -0.25) is 9.78 Å². The molecule has 1 aromatic rings. The summed E-state index contributed by atoms with van der Waals surface area (Å²) in [4.78, 5) is 18.6. The molecule has 1 fully saturated rings. The number of nitrogens with zero attached hydrogens (tertiary/aromatic N) is 2. The molecule has 0 bridgehead atoms. The van der Waals surface area contributed by atoms with Crippen molar-refractivity contribution >= 4 is 30.9 Å². The fourth-order valence-corrected chi connectivity index (χ4v) is 4.53. The lowest BCUT2D eigenvalue weighted by atomic mass is 9.83. The number of amides is 1. The summed E-state index contributed by atoms with van der Waals surface area (Å²) in [6.45, 7) is 11.5.